The highest BCUT2D eigenvalue weighted by molar-refractivity contribution is 5.98. The van der Waals surface area contributed by atoms with Gasteiger partial charge in [-0.25, -0.2) is 4.39 Å². The Kier molecular flexibility index (Phi) is 6.23. The Balaban J connectivity index is 1.77. The molecule has 7 heteroatoms. The lowest BCUT2D eigenvalue weighted by Gasteiger charge is -2.34. The van der Waals surface area contributed by atoms with Gasteiger partial charge in [-0.05, 0) is 49.2 Å². The summed E-state index contributed by atoms with van der Waals surface area (Å²) in [6.07, 6.45) is 1.81. The van der Waals surface area contributed by atoms with Crippen LogP contribution in [0.3, 0.4) is 0 Å². The van der Waals surface area contributed by atoms with Crippen LogP contribution in [0.2, 0.25) is 0 Å². The number of benzene rings is 2. The summed E-state index contributed by atoms with van der Waals surface area (Å²) in [5.41, 5.74) is 1.27. The summed E-state index contributed by atoms with van der Waals surface area (Å²) in [5.74, 6) is 0.870. The summed E-state index contributed by atoms with van der Waals surface area (Å²) >= 11 is 0. The molecule has 2 aromatic carbocycles. The standard InChI is InChI=1S/C21H25FN2O4/c1-26-18-11-10-17(19(27-2)20(18)28-3)21(25)24-12-4-5-16(13-24)23-15-8-6-14(22)7-9-15/h6-11,16,23H,4-5,12-13H2,1-3H3/t16-/m1/s1. The Bertz CT molecular complexity index is 826. The van der Waals surface area contributed by atoms with E-state index in [9.17, 15) is 9.18 Å². The fourth-order valence-corrected chi connectivity index (χ4v) is 3.50. The maximum absolute atomic E-state index is 13.2. The zero-order valence-electron chi connectivity index (χ0n) is 16.3. The Labute approximate surface area is 164 Å². The molecule has 1 saturated heterocycles. The van der Waals surface area contributed by atoms with E-state index in [4.69, 9.17) is 14.2 Å². The molecule has 2 aromatic rings. The number of nitrogens with one attached hydrogen (secondary N) is 1. The zero-order valence-corrected chi connectivity index (χ0v) is 16.3. The van der Waals surface area contributed by atoms with E-state index in [1.807, 2.05) is 0 Å². The Morgan fingerprint density at radius 1 is 1.04 bits per heavy atom. The van der Waals surface area contributed by atoms with Gasteiger partial charge >= 0.3 is 0 Å². The molecular weight excluding hydrogens is 363 g/mol. The van der Waals surface area contributed by atoms with Crippen LogP contribution in [0, 0.1) is 5.82 Å². The number of methoxy groups -OCH3 is 3. The minimum Gasteiger partial charge on any atom is -0.493 e. The van der Waals surface area contributed by atoms with Gasteiger partial charge in [-0.2, -0.15) is 0 Å². The van der Waals surface area contributed by atoms with E-state index in [1.165, 1.54) is 33.5 Å². The first-order valence-corrected chi connectivity index (χ1v) is 9.17. The van der Waals surface area contributed by atoms with Crippen LogP contribution < -0.4 is 19.5 Å². The molecule has 1 amide bonds. The molecule has 1 aliphatic rings. The monoisotopic (exact) mass is 388 g/mol. The second kappa shape index (κ2) is 8.82. The number of amides is 1. The highest BCUT2D eigenvalue weighted by Crippen LogP contribution is 2.40. The average Bonchev–Trinajstić information content (AvgIpc) is 2.73. The molecule has 0 aromatic heterocycles. The summed E-state index contributed by atoms with van der Waals surface area (Å²) < 4.78 is 29.2. The van der Waals surface area contributed by atoms with Gasteiger partial charge in [0.1, 0.15) is 5.82 Å². The first-order valence-electron chi connectivity index (χ1n) is 9.17. The lowest BCUT2D eigenvalue weighted by atomic mass is 10.0. The SMILES string of the molecule is COc1ccc(C(=O)N2CCC[C@@H](Nc3ccc(F)cc3)C2)c(OC)c1OC. The quantitative estimate of drug-likeness (QED) is 0.820. The highest BCUT2D eigenvalue weighted by atomic mass is 19.1. The Morgan fingerprint density at radius 2 is 1.75 bits per heavy atom. The molecule has 6 nitrogen and oxygen atoms in total. The van der Waals surface area contributed by atoms with E-state index >= 15 is 0 Å². The van der Waals surface area contributed by atoms with Gasteiger partial charge in [0.25, 0.3) is 5.91 Å². The molecule has 150 valence electrons. The van der Waals surface area contributed by atoms with E-state index in [0.717, 1.165) is 18.5 Å². The number of nitrogens with zero attached hydrogens (tertiary/aromatic N) is 1. The molecule has 1 aliphatic heterocycles. The van der Waals surface area contributed by atoms with Crippen LogP contribution in [0.5, 0.6) is 17.2 Å². The molecule has 0 bridgehead atoms. The number of rotatable bonds is 6. The van der Waals surface area contributed by atoms with Crippen LogP contribution in [0.1, 0.15) is 23.2 Å². The van der Waals surface area contributed by atoms with Gasteiger partial charge in [-0.3, -0.25) is 4.79 Å². The molecule has 0 radical (unpaired) electrons. The number of halogens is 1. The Hall–Kier alpha value is -2.96. The zero-order chi connectivity index (χ0) is 20.1. The summed E-state index contributed by atoms with van der Waals surface area (Å²) in [7, 11) is 4.55. The van der Waals surface area contributed by atoms with E-state index in [2.05, 4.69) is 5.32 Å². The summed E-state index contributed by atoms with van der Waals surface area (Å²) in [5, 5.41) is 3.38. The van der Waals surface area contributed by atoms with Crippen molar-refractivity contribution in [3.8, 4) is 17.2 Å². The smallest absolute Gasteiger partial charge is 0.257 e. The third-order valence-corrected chi connectivity index (χ3v) is 4.86. The molecule has 1 N–H and O–H groups in total. The number of likely N-dealkylation sites (tertiary alicyclic amines) is 1. The van der Waals surface area contributed by atoms with Crippen molar-refractivity contribution in [1.29, 1.82) is 0 Å². The molecule has 3 rings (SSSR count). The third-order valence-electron chi connectivity index (χ3n) is 4.86. The van der Waals surface area contributed by atoms with Gasteiger partial charge in [0.2, 0.25) is 5.75 Å². The average molecular weight is 388 g/mol. The minimum atomic E-state index is -0.272. The number of anilines is 1. The van der Waals surface area contributed by atoms with E-state index in [1.54, 1.807) is 29.2 Å². The van der Waals surface area contributed by atoms with E-state index in [0.29, 0.717) is 35.9 Å². The van der Waals surface area contributed by atoms with Gasteiger partial charge in [-0.15, -0.1) is 0 Å². The maximum atomic E-state index is 13.2. The number of hydrogen-bond donors (Lipinski definition) is 1. The second-order valence-corrected chi connectivity index (χ2v) is 6.62. The Morgan fingerprint density at radius 3 is 2.39 bits per heavy atom. The normalized spacial score (nSPS) is 16.4. The fourth-order valence-electron chi connectivity index (χ4n) is 3.50. The van der Waals surface area contributed by atoms with Gasteiger partial charge in [-0.1, -0.05) is 0 Å². The molecular formula is C21H25FN2O4. The molecule has 0 unspecified atom stereocenters. The largest absolute Gasteiger partial charge is 0.493 e. The topological polar surface area (TPSA) is 60.0 Å². The lowest BCUT2D eigenvalue weighted by molar-refractivity contribution is 0.0710. The number of ether oxygens (including phenoxy) is 3. The third kappa shape index (κ3) is 4.13. The lowest BCUT2D eigenvalue weighted by Crippen LogP contribution is -2.45. The van der Waals surface area contributed by atoms with Crippen LogP contribution in [-0.4, -0.2) is 51.3 Å². The van der Waals surface area contributed by atoms with Crippen molar-refractivity contribution >= 4 is 11.6 Å². The van der Waals surface area contributed by atoms with Gasteiger partial charge < -0.3 is 24.4 Å². The molecule has 1 atom stereocenters. The van der Waals surface area contributed by atoms with Crippen LogP contribution in [0.4, 0.5) is 10.1 Å². The molecule has 1 heterocycles. The van der Waals surface area contributed by atoms with E-state index in [-0.39, 0.29) is 17.8 Å². The maximum Gasteiger partial charge on any atom is 0.257 e. The van der Waals surface area contributed by atoms with E-state index < -0.39 is 0 Å². The highest BCUT2D eigenvalue weighted by Gasteiger charge is 2.28. The van der Waals surface area contributed by atoms with Crippen molar-refractivity contribution in [2.45, 2.75) is 18.9 Å². The summed E-state index contributed by atoms with van der Waals surface area (Å²) in [4.78, 5) is 15.0. The predicted molar refractivity (Wildman–Crippen MR) is 105 cm³/mol. The van der Waals surface area contributed by atoms with Crippen LogP contribution in [0.25, 0.3) is 0 Å². The number of carbonyl (C=O) groups excluding carboxylic acids is 1. The van der Waals surface area contributed by atoms with Gasteiger partial charge in [0.15, 0.2) is 11.5 Å². The summed E-state index contributed by atoms with van der Waals surface area (Å²) in [6.45, 7) is 1.21. The van der Waals surface area contributed by atoms with Crippen molar-refractivity contribution in [1.82, 2.24) is 4.90 Å². The molecule has 0 spiro atoms. The van der Waals surface area contributed by atoms with Crippen molar-refractivity contribution < 1.29 is 23.4 Å². The van der Waals surface area contributed by atoms with Crippen molar-refractivity contribution in [3.63, 3.8) is 0 Å². The van der Waals surface area contributed by atoms with Crippen LogP contribution >= 0.6 is 0 Å². The minimum absolute atomic E-state index is 0.0919. The second-order valence-electron chi connectivity index (χ2n) is 6.62. The molecule has 0 saturated carbocycles. The first kappa shape index (κ1) is 19.8. The van der Waals surface area contributed by atoms with Crippen LogP contribution in [-0.2, 0) is 0 Å². The first-order chi connectivity index (χ1) is 13.6. The number of piperidine rings is 1. The van der Waals surface area contributed by atoms with Crippen LogP contribution in [0.15, 0.2) is 36.4 Å². The van der Waals surface area contributed by atoms with Gasteiger partial charge in [0.05, 0.1) is 26.9 Å². The van der Waals surface area contributed by atoms with Crippen molar-refractivity contribution in [3.05, 3.63) is 47.8 Å². The van der Waals surface area contributed by atoms with Gasteiger partial charge in [0, 0.05) is 24.8 Å². The van der Waals surface area contributed by atoms with Crippen molar-refractivity contribution in [2.75, 3.05) is 39.7 Å². The summed E-state index contributed by atoms with van der Waals surface area (Å²) in [6, 6.07) is 9.73. The number of carbonyl (C=O) groups is 1. The number of hydrogen-bond acceptors (Lipinski definition) is 5. The predicted octanol–water partition coefficient (Wildman–Crippen LogP) is 3.57. The molecule has 1 fully saturated rings. The van der Waals surface area contributed by atoms with Crippen molar-refractivity contribution in [2.24, 2.45) is 0 Å². The molecule has 28 heavy (non-hydrogen) atoms. The fraction of sp³-hybridized carbons (Fsp3) is 0.381. The molecule has 0 aliphatic carbocycles.